The van der Waals surface area contributed by atoms with Crippen molar-refractivity contribution in [2.75, 3.05) is 19.5 Å². The fourth-order valence-electron chi connectivity index (χ4n) is 1.61. The van der Waals surface area contributed by atoms with E-state index in [0.717, 1.165) is 10.8 Å². The largest absolute Gasteiger partial charge is 0.477 e. The number of pyridine rings is 1. The maximum atomic E-state index is 11.0. The van der Waals surface area contributed by atoms with Crippen molar-refractivity contribution in [3.05, 3.63) is 36.0 Å². The van der Waals surface area contributed by atoms with E-state index in [1.165, 1.54) is 0 Å². The van der Waals surface area contributed by atoms with Gasteiger partial charge in [-0.3, -0.25) is 0 Å². The van der Waals surface area contributed by atoms with Crippen LogP contribution in [0.2, 0.25) is 0 Å². The lowest BCUT2D eigenvalue weighted by atomic mass is 10.1. The van der Waals surface area contributed by atoms with Crippen molar-refractivity contribution in [3.8, 4) is 0 Å². The van der Waals surface area contributed by atoms with Crippen LogP contribution < -0.4 is 5.43 Å². The van der Waals surface area contributed by atoms with E-state index in [1.54, 1.807) is 11.1 Å². The summed E-state index contributed by atoms with van der Waals surface area (Å²) in [6.07, 6.45) is 0. The molecule has 2 aromatic rings. The molecule has 0 atom stereocenters. The van der Waals surface area contributed by atoms with Crippen LogP contribution in [0.3, 0.4) is 0 Å². The third-order valence-electron chi connectivity index (χ3n) is 2.29. The van der Waals surface area contributed by atoms with Gasteiger partial charge in [-0.05, 0) is 11.5 Å². The molecular formula is C12H13N3O2. The third-order valence-corrected chi connectivity index (χ3v) is 2.29. The minimum absolute atomic E-state index is 0.0352. The maximum Gasteiger partial charge on any atom is 0.354 e. The summed E-state index contributed by atoms with van der Waals surface area (Å²) in [6, 6.07) is 9.10. The number of carboxylic acids is 1. The number of carboxylic acid groups (broad SMARTS) is 1. The van der Waals surface area contributed by atoms with Gasteiger partial charge in [0.2, 0.25) is 0 Å². The molecule has 0 spiro atoms. The van der Waals surface area contributed by atoms with Gasteiger partial charge in [-0.25, -0.2) is 14.8 Å². The van der Waals surface area contributed by atoms with Gasteiger partial charge in [0.1, 0.15) is 5.82 Å². The molecule has 0 fully saturated rings. The van der Waals surface area contributed by atoms with Crippen LogP contribution in [-0.2, 0) is 0 Å². The van der Waals surface area contributed by atoms with Gasteiger partial charge < -0.3 is 10.5 Å². The summed E-state index contributed by atoms with van der Waals surface area (Å²) in [5.41, 5.74) is 3.04. The second-order valence-electron chi connectivity index (χ2n) is 3.89. The van der Waals surface area contributed by atoms with Gasteiger partial charge in [0, 0.05) is 19.5 Å². The van der Waals surface area contributed by atoms with Gasteiger partial charge in [0.25, 0.3) is 0 Å². The molecule has 0 aliphatic carbocycles. The Balaban J connectivity index is 2.64. The normalized spacial score (nSPS) is 10.8. The van der Waals surface area contributed by atoms with Crippen molar-refractivity contribution in [2.24, 2.45) is 0 Å². The highest BCUT2D eigenvalue weighted by Gasteiger charge is 2.10. The Bertz CT molecular complexity index is 567. The molecule has 5 nitrogen and oxygen atoms in total. The van der Waals surface area contributed by atoms with E-state index in [1.807, 2.05) is 38.4 Å². The number of nitrogens with zero attached hydrogens (tertiary/aromatic N) is 2. The van der Waals surface area contributed by atoms with Crippen LogP contribution in [0, 0.1) is 0 Å². The molecule has 0 aliphatic heterocycles. The zero-order valence-corrected chi connectivity index (χ0v) is 9.64. The molecule has 2 rings (SSSR count). The molecule has 0 saturated carbocycles. The molecular weight excluding hydrogens is 218 g/mol. The van der Waals surface area contributed by atoms with Gasteiger partial charge >= 0.3 is 5.97 Å². The van der Waals surface area contributed by atoms with E-state index in [0.29, 0.717) is 5.82 Å². The molecule has 1 heterocycles. The summed E-state index contributed by atoms with van der Waals surface area (Å²) in [5.74, 6) is -0.483. The number of fused-ring (bicyclic) bond motifs is 1. The molecule has 1 aromatic heterocycles. The zero-order chi connectivity index (χ0) is 12.4. The first-order valence-corrected chi connectivity index (χ1v) is 5.15. The van der Waals surface area contributed by atoms with Crippen LogP contribution in [0.1, 0.15) is 10.5 Å². The molecule has 88 valence electrons. The van der Waals surface area contributed by atoms with Crippen molar-refractivity contribution in [3.63, 3.8) is 0 Å². The fourth-order valence-corrected chi connectivity index (χ4v) is 1.61. The number of aromatic nitrogens is 1. The first kappa shape index (κ1) is 11.3. The Morgan fingerprint density at radius 2 is 2.06 bits per heavy atom. The van der Waals surface area contributed by atoms with Crippen molar-refractivity contribution < 1.29 is 9.90 Å². The van der Waals surface area contributed by atoms with Crippen molar-refractivity contribution in [2.45, 2.75) is 0 Å². The Morgan fingerprint density at radius 3 is 2.71 bits per heavy atom. The zero-order valence-electron chi connectivity index (χ0n) is 9.64. The van der Waals surface area contributed by atoms with Crippen molar-refractivity contribution in [1.29, 1.82) is 0 Å². The molecule has 17 heavy (non-hydrogen) atoms. The Hall–Kier alpha value is -2.14. The van der Waals surface area contributed by atoms with E-state index in [4.69, 9.17) is 5.11 Å². The van der Waals surface area contributed by atoms with Gasteiger partial charge in [-0.1, -0.05) is 24.3 Å². The highest BCUT2D eigenvalue weighted by molar-refractivity contribution is 5.97. The predicted molar refractivity (Wildman–Crippen MR) is 66.0 cm³/mol. The number of hydrogen-bond acceptors (Lipinski definition) is 4. The molecule has 5 heteroatoms. The minimum atomic E-state index is -1.03. The quantitative estimate of drug-likeness (QED) is 0.789. The standard InChI is InChI=1S/C12H13N3O2/c1-15(2)14-11-9-6-4-3-5-8(9)7-10(13-11)12(16)17/h3-7H,1-2H3,(H,13,14)(H,16,17). The Morgan fingerprint density at radius 1 is 1.35 bits per heavy atom. The maximum absolute atomic E-state index is 11.0. The summed E-state index contributed by atoms with van der Waals surface area (Å²) in [4.78, 5) is 15.1. The second kappa shape index (κ2) is 4.39. The topological polar surface area (TPSA) is 65.5 Å². The SMILES string of the molecule is CN(C)Nc1nc(C(=O)O)cc2ccccc12. The van der Waals surface area contributed by atoms with E-state index >= 15 is 0 Å². The van der Waals surface area contributed by atoms with Crippen molar-refractivity contribution in [1.82, 2.24) is 9.99 Å². The van der Waals surface area contributed by atoms with Crippen LogP contribution in [0.4, 0.5) is 5.82 Å². The van der Waals surface area contributed by atoms with Gasteiger partial charge in [0.15, 0.2) is 5.69 Å². The number of anilines is 1. The average molecular weight is 231 g/mol. The number of aromatic carboxylic acids is 1. The van der Waals surface area contributed by atoms with E-state index in [-0.39, 0.29) is 5.69 Å². The van der Waals surface area contributed by atoms with Gasteiger partial charge in [-0.2, -0.15) is 0 Å². The number of hydrazine groups is 1. The number of nitrogens with one attached hydrogen (secondary N) is 1. The summed E-state index contributed by atoms with van der Waals surface area (Å²) < 4.78 is 0. The molecule has 0 saturated heterocycles. The lowest BCUT2D eigenvalue weighted by Gasteiger charge is -2.15. The molecule has 0 radical (unpaired) electrons. The fraction of sp³-hybridized carbons (Fsp3) is 0.167. The van der Waals surface area contributed by atoms with Gasteiger partial charge in [0.05, 0.1) is 0 Å². The monoisotopic (exact) mass is 231 g/mol. The first-order chi connectivity index (χ1) is 8.08. The van der Waals surface area contributed by atoms with Crippen LogP contribution in [-0.4, -0.2) is 35.2 Å². The highest BCUT2D eigenvalue weighted by Crippen LogP contribution is 2.22. The Labute approximate surface area is 98.7 Å². The first-order valence-electron chi connectivity index (χ1n) is 5.15. The number of carbonyl (C=O) groups is 1. The summed E-state index contributed by atoms with van der Waals surface area (Å²) in [7, 11) is 3.65. The van der Waals surface area contributed by atoms with Crippen LogP contribution in [0.15, 0.2) is 30.3 Å². The molecule has 0 bridgehead atoms. The van der Waals surface area contributed by atoms with Gasteiger partial charge in [-0.15, -0.1) is 0 Å². The highest BCUT2D eigenvalue weighted by atomic mass is 16.4. The predicted octanol–water partition coefficient (Wildman–Crippen LogP) is 1.82. The average Bonchev–Trinajstić information content (AvgIpc) is 2.28. The van der Waals surface area contributed by atoms with E-state index in [9.17, 15) is 4.79 Å². The molecule has 1 aromatic carbocycles. The number of rotatable bonds is 3. The second-order valence-corrected chi connectivity index (χ2v) is 3.89. The summed E-state index contributed by atoms with van der Waals surface area (Å²) in [6.45, 7) is 0. The lowest BCUT2D eigenvalue weighted by molar-refractivity contribution is 0.0691. The minimum Gasteiger partial charge on any atom is -0.477 e. The van der Waals surface area contributed by atoms with Crippen LogP contribution in [0.25, 0.3) is 10.8 Å². The van der Waals surface area contributed by atoms with Crippen LogP contribution >= 0.6 is 0 Å². The van der Waals surface area contributed by atoms with E-state index in [2.05, 4.69) is 10.4 Å². The summed E-state index contributed by atoms with van der Waals surface area (Å²) >= 11 is 0. The van der Waals surface area contributed by atoms with Crippen LogP contribution in [0.5, 0.6) is 0 Å². The third kappa shape index (κ3) is 2.34. The smallest absolute Gasteiger partial charge is 0.354 e. The Kier molecular flexibility index (Phi) is 2.93. The number of hydrogen-bond donors (Lipinski definition) is 2. The molecule has 0 aliphatic rings. The number of benzene rings is 1. The summed E-state index contributed by atoms with van der Waals surface area (Å²) in [5, 5.41) is 12.5. The molecule has 2 N–H and O–H groups in total. The van der Waals surface area contributed by atoms with Crippen molar-refractivity contribution >= 4 is 22.6 Å². The molecule has 0 unspecified atom stereocenters. The molecule has 0 amide bonds. The lowest BCUT2D eigenvalue weighted by Crippen LogP contribution is -2.21. The van der Waals surface area contributed by atoms with E-state index < -0.39 is 5.97 Å².